The molecule has 0 aromatic heterocycles. The van der Waals surface area contributed by atoms with Gasteiger partial charge in [-0.25, -0.2) is 26.4 Å². The summed E-state index contributed by atoms with van der Waals surface area (Å²) in [6.07, 6.45) is 1.47. The predicted molar refractivity (Wildman–Crippen MR) is 121 cm³/mol. The molecule has 0 saturated heterocycles. The van der Waals surface area contributed by atoms with Crippen molar-refractivity contribution in [1.29, 1.82) is 0 Å². The summed E-state index contributed by atoms with van der Waals surface area (Å²) in [5.74, 6) is -0.507. The molecule has 176 valence electrons. The first-order valence-electron chi connectivity index (χ1n) is 8.38. The SMILES string of the molecule is C=CC(=O)OC(C)CSCCS(=O)(=O)[O-].C=CC(=O)OC(C)CSCCS(=O)(=O)[O-].[Mg+2]. The molecule has 0 amide bonds. The molecule has 0 radical (unpaired) electrons. The minimum absolute atomic E-state index is 0. The Hall–Kier alpha value is -0.294. The van der Waals surface area contributed by atoms with Crippen LogP contribution in [-0.2, 0) is 39.3 Å². The second kappa shape index (κ2) is 19.2. The van der Waals surface area contributed by atoms with Crippen LogP contribution in [0, 0.1) is 0 Å². The maximum Gasteiger partial charge on any atom is 2.00 e. The molecule has 0 rings (SSSR count). The maximum absolute atomic E-state index is 10.7. The monoisotopic (exact) mass is 530 g/mol. The minimum Gasteiger partial charge on any atom is -0.748 e. The van der Waals surface area contributed by atoms with Gasteiger partial charge in [-0.05, 0) is 13.8 Å². The summed E-state index contributed by atoms with van der Waals surface area (Å²) in [7, 11) is -8.29. The summed E-state index contributed by atoms with van der Waals surface area (Å²) in [5.41, 5.74) is 0. The number of esters is 2. The van der Waals surface area contributed by atoms with E-state index in [1.54, 1.807) is 13.8 Å². The molecular weight excluding hydrogens is 505 g/mol. The molecule has 0 fully saturated rings. The van der Waals surface area contributed by atoms with Crippen LogP contribution in [0.1, 0.15) is 13.8 Å². The molecule has 0 aliphatic heterocycles. The van der Waals surface area contributed by atoms with Gasteiger partial charge >= 0.3 is 35.0 Å². The van der Waals surface area contributed by atoms with Crippen molar-refractivity contribution in [2.24, 2.45) is 0 Å². The van der Waals surface area contributed by atoms with Crippen molar-refractivity contribution >= 4 is 78.8 Å². The standard InChI is InChI=1S/2C8H14O5S2.Mg/c2*1-3-8(9)13-7(2)6-14-4-5-15(10,11)12;/h2*3,7H,1,4-6H2,2H3,(H,10,11,12);/q;;+2/p-2. The van der Waals surface area contributed by atoms with E-state index in [4.69, 9.17) is 9.47 Å². The molecule has 0 spiro atoms. The van der Waals surface area contributed by atoms with E-state index >= 15 is 0 Å². The van der Waals surface area contributed by atoms with Gasteiger partial charge in [0.15, 0.2) is 0 Å². The molecule has 10 nitrogen and oxygen atoms in total. The van der Waals surface area contributed by atoms with Crippen LogP contribution in [0.2, 0.25) is 0 Å². The van der Waals surface area contributed by atoms with Crippen LogP contribution in [-0.4, -0.2) is 108 Å². The molecule has 0 aliphatic carbocycles. The molecule has 0 heterocycles. The second-order valence-corrected chi connectivity index (χ2v) is 10.9. The van der Waals surface area contributed by atoms with Crippen LogP contribution in [0.3, 0.4) is 0 Å². The van der Waals surface area contributed by atoms with Crippen molar-refractivity contribution < 1.29 is 45.0 Å². The number of hydrogen-bond acceptors (Lipinski definition) is 12. The zero-order valence-corrected chi connectivity index (χ0v) is 22.1. The van der Waals surface area contributed by atoms with Gasteiger partial charge in [0.2, 0.25) is 0 Å². The molecule has 0 saturated carbocycles. The number of rotatable bonds is 14. The summed E-state index contributed by atoms with van der Waals surface area (Å²) >= 11 is 2.50. The fourth-order valence-corrected chi connectivity index (χ4v) is 5.09. The number of thioether (sulfide) groups is 2. The van der Waals surface area contributed by atoms with Crippen molar-refractivity contribution in [2.45, 2.75) is 26.1 Å². The van der Waals surface area contributed by atoms with Gasteiger partial charge in [-0.15, -0.1) is 0 Å². The molecule has 0 aromatic rings. The van der Waals surface area contributed by atoms with Crippen LogP contribution < -0.4 is 0 Å². The van der Waals surface area contributed by atoms with E-state index in [1.807, 2.05) is 0 Å². The van der Waals surface area contributed by atoms with Crippen molar-refractivity contribution in [3.05, 3.63) is 25.3 Å². The normalized spacial score (nSPS) is 12.8. The largest absolute Gasteiger partial charge is 2.00 e. The van der Waals surface area contributed by atoms with Crippen LogP contribution in [0.15, 0.2) is 25.3 Å². The van der Waals surface area contributed by atoms with Gasteiger partial charge in [-0.2, -0.15) is 23.5 Å². The van der Waals surface area contributed by atoms with Crippen molar-refractivity contribution in [2.75, 3.05) is 34.5 Å². The summed E-state index contributed by atoms with van der Waals surface area (Å²) in [5, 5.41) is 0. The first-order chi connectivity index (χ1) is 13.7. The van der Waals surface area contributed by atoms with E-state index in [9.17, 15) is 35.5 Å². The van der Waals surface area contributed by atoms with Crippen LogP contribution in [0.4, 0.5) is 0 Å². The molecule has 2 unspecified atom stereocenters. The molecule has 0 bridgehead atoms. The van der Waals surface area contributed by atoms with E-state index in [0.29, 0.717) is 11.5 Å². The van der Waals surface area contributed by atoms with Crippen LogP contribution in [0.5, 0.6) is 0 Å². The average molecular weight is 531 g/mol. The Kier molecular flexibility index (Phi) is 21.9. The zero-order chi connectivity index (χ0) is 23.8. The quantitative estimate of drug-likeness (QED) is 0.0996. The first kappa shape index (κ1) is 35.3. The predicted octanol–water partition coefficient (Wildman–Crippen LogP) is 0.384. The van der Waals surface area contributed by atoms with E-state index in [-0.39, 0.29) is 46.8 Å². The fourth-order valence-electron chi connectivity index (χ4n) is 1.38. The minimum atomic E-state index is -4.14. The third-order valence-electron chi connectivity index (χ3n) is 2.63. The number of carbonyl (C=O) groups is 2. The number of ether oxygens (including phenoxy) is 2. The third-order valence-corrected chi connectivity index (χ3v) is 6.95. The van der Waals surface area contributed by atoms with Gasteiger partial charge < -0.3 is 18.6 Å². The van der Waals surface area contributed by atoms with Gasteiger partial charge in [0.25, 0.3) is 0 Å². The second-order valence-electron chi connectivity index (χ2n) is 5.58. The Labute approximate surface area is 208 Å². The summed E-state index contributed by atoms with van der Waals surface area (Å²) in [6, 6.07) is 0. The van der Waals surface area contributed by atoms with Gasteiger partial charge in [-0.1, -0.05) is 13.2 Å². The average Bonchev–Trinajstić information content (AvgIpc) is 2.61. The molecule has 15 heteroatoms. The Balaban J connectivity index is -0.000000490. The summed E-state index contributed by atoms with van der Waals surface area (Å²) < 4.78 is 71.0. The Bertz CT molecular complexity index is 688. The zero-order valence-electron chi connectivity index (χ0n) is 17.4. The van der Waals surface area contributed by atoms with E-state index in [0.717, 1.165) is 12.2 Å². The smallest absolute Gasteiger partial charge is 0.748 e. The van der Waals surface area contributed by atoms with Gasteiger partial charge in [-0.3, -0.25) is 0 Å². The van der Waals surface area contributed by atoms with Crippen molar-refractivity contribution in [3.63, 3.8) is 0 Å². The number of hydrogen-bond donors (Lipinski definition) is 0. The Morgan fingerprint density at radius 1 is 0.839 bits per heavy atom. The Morgan fingerprint density at radius 3 is 1.35 bits per heavy atom. The fraction of sp³-hybridized carbons (Fsp3) is 0.625. The van der Waals surface area contributed by atoms with E-state index in [2.05, 4.69) is 13.2 Å². The molecule has 0 aliphatic rings. The summed E-state index contributed by atoms with van der Waals surface area (Å²) in [4.78, 5) is 21.4. The summed E-state index contributed by atoms with van der Waals surface area (Å²) in [6.45, 7) is 9.84. The number of carbonyl (C=O) groups excluding carboxylic acids is 2. The van der Waals surface area contributed by atoms with Crippen LogP contribution >= 0.6 is 23.5 Å². The van der Waals surface area contributed by atoms with Gasteiger partial charge in [0, 0.05) is 46.7 Å². The van der Waals surface area contributed by atoms with E-state index < -0.39 is 43.7 Å². The molecule has 2 atom stereocenters. The molecular formula is C16H26MgO10S4. The van der Waals surface area contributed by atoms with Crippen LogP contribution in [0.25, 0.3) is 0 Å². The molecule has 0 aromatic carbocycles. The maximum atomic E-state index is 10.7. The van der Waals surface area contributed by atoms with Crippen molar-refractivity contribution in [1.82, 2.24) is 0 Å². The van der Waals surface area contributed by atoms with E-state index in [1.165, 1.54) is 23.5 Å². The van der Waals surface area contributed by atoms with Gasteiger partial charge in [0.1, 0.15) is 12.2 Å². The molecule has 0 N–H and O–H groups in total. The molecule has 31 heavy (non-hydrogen) atoms. The Morgan fingerprint density at radius 2 is 1.13 bits per heavy atom. The van der Waals surface area contributed by atoms with Gasteiger partial charge in [0.05, 0.1) is 20.2 Å². The topological polar surface area (TPSA) is 167 Å². The first-order valence-corrected chi connectivity index (χ1v) is 13.8. The van der Waals surface area contributed by atoms with Crippen molar-refractivity contribution in [3.8, 4) is 0 Å². The third kappa shape index (κ3) is 29.7.